The van der Waals surface area contributed by atoms with Gasteiger partial charge in [-0.3, -0.25) is 9.59 Å². The third-order valence-corrected chi connectivity index (χ3v) is 4.39. The fourth-order valence-corrected chi connectivity index (χ4v) is 3.14. The maximum atomic E-state index is 12.1. The highest BCUT2D eigenvalue weighted by Gasteiger charge is 2.44. The average Bonchev–Trinajstić information content (AvgIpc) is 3.06. The quantitative estimate of drug-likeness (QED) is 0.443. The van der Waals surface area contributed by atoms with Gasteiger partial charge in [-0.25, -0.2) is 10.0 Å². The van der Waals surface area contributed by atoms with Crippen molar-refractivity contribution in [1.29, 1.82) is 0 Å². The van der Waals surface area contributed by atoms with E-state index in [1.54, 1.807) is 13.8 Å². The molecule has 2 rings (SSSR count). The minimum absolute atomic E-state index is 0.0332. The van der Waals surface area contributed by atoms with Crippen LogP contribution in [0.1, 0.15) is 13.8 Å². The molecule has 0 aromatic carbocycles. The average molecular weight is 344 g/mol. The summed E-state index contributed by atoms with van der Waals surface area (Å²) in [7, 11) is 0. The Balaban J connectivity index is 2.07. The highest BCUT2D eigenvalue weighted by atomic mass is 32.2. The Bertz CT molecular complexity index is 556. The zero-order chi connectivity index (χ0) is 16.1. The number of carbonyl (C=O) groups excluding carboxylic acids is 2. The van der Waals surface area contributed by atoms with E-state index in [4.69, 9.17) is 5.11 Å². The molecule has 22 heavy (non-hydrogen) atoms. The Morgan fingerprint density at radius 1 is 1.27 bits per heavy atom. The van der Waals surface area contributed by atoms with E-state index in [1.807, 2.05) is 0 Å². The molecule has 0 radical (unpaired) electrons. The van der Waals surface area contributed by atoms with E-state index in [0.717, 1.165) is 11.5 Å². The van der Waals surface area contributed by atoms with Gasteiger partial charge in [0.1, 0.15) is 0 Å². The molecule has 0 unspecified atom stereocenters. The van der Waals surface area contributed by atoms with Crippen molar-refractivity contribution >= 4 is 40.2 Å². The molecular formula is C11H16N6O3S2. The Kier molecular flexibility index (Phi) is 5.80. The van der Waals surface area contributed by atoms with Crippen molar-refractivity contribution in [2.45, 2.75) is 25.0 Å². The molecule has 1 aromatic rings. The van der Waals surface area contributed by atoms with Gasteiger partial charge in [0, 0.05) is 30.4 Å². The van der Waals surface area contributed by atoms with E-state index in [0.29, 0.717) is 24.0 Å². The molecule has 0 spiro atoms. The predicted octanol–water partition coefficient (Wildman–Crippen LogP) is 0.700. The Labute approximate surface area is 135 Å². The summed E-state index contributed by atoms with van der Waals surface area (Å²) < 4.78 is 4.04. The number of hydrogen-bond donors (Lipinski definition) is 1. The molecule has 2 heterocycles. The summed E-state index contributed by atoms with van der Waals surface area (Å²) in [5, 5.41) is 19.9. The molecular weight excluding hydrogens is 328 g/mol. The molecule has 1 aromatic heterocycles. The third kappa shape index (κ3) is 3.42. The number of rotatable bonds is 7. The summed E-state index contributed by atoms with van der Waals surface area (Å²) in [6, 6.07) is -1.14. The molecule has 0 bridgehead atoms. The summed E-state index contributed by atoms with van der Waals surface area (Å²) in [6.07, 6.45) is 0. The van der Waals surface area contributed by atoms with Crippen LogP contribution >= 0.6 is 23.3 Å². The lowest BCUT2D eigenvalue weighted by atomic mass is 10.3. The smallest absolute Gasteiger partial charge is 0.277 e. The first-order chi connectivity index (χ1) is 10.6. The maximum Gasteiger partial charge on any atom is 0.277 e. The van der Waals surface area contributed by atoms with Gasteiger partial charge in [0.25, 0.3) is 11.8 Å². The van der Waals surface area contributed by atoms with Gasteiger partial charge >= 0.3 is 0 Å². The van der Waals surface area contributed by atoms with Gasteiger partial charge in [-0.05, 0) is 13.8 Å². The van der Waals surface area contributed by atoms with Gasteiger partial charge in [-0.2, -0.15) is 14.5 Å². The normalized spacial score (nSPS) is 16.5. The van der Waals surface area contributed by atoms with Crippen molar-refractivity contribution in [3.05, 3.63) is 0 Å². The predicted molar refractivity (Wildman–Crippen MR) is 80.8 cm³/mol. The summed E-state index contributed by atoms with van der Waals surface area (Å²) in [5.74, 6) is -0.265. The maximum absolute atomic E-state index is 12.1. The van der Waals surface area contributed by atoms with Gasteiger partial charge in [0.05, 0.1) is 6.61 Å². The largest absolute Gasteiger partial charge is 0.396 e. The van der Waals surface area contributed by atoms with E-state index in [9.17, 15) is 9.59 Å². The lowest BCUT2D eigenvalue weighted by Crippen LogP contribution is -2.40. The minimum atomic E-state index is -1.14. The number of azo groups is 1. The number of aliphatic hydroxyl groups is 1. The molecule has 1 N–H and O–H groups in total. The topological polar surface area (TPSA) is 111 Å². The van der Waals surface area contributed by atoms with E-state index in [2.05, 4.69) is 19.6 Å². The Hall–Kier alpha value is -1.59. The van der Waals surface area contributed by atoms with Crippen molar-refractivity contribution in [1.82, 2.24) is 19.4 Å². The second kappa shape index (κ2) is 7.61. The summed E-state index contributed by atoms with van der Waals surface area (Å²) in [4.78, 5) is 28.3. The number of hydrogen-bond acceptors (Lipinski definition) is 9. The Morgan fingerprint density at radius 3 is 2.45 bits per heavy atom. The van der Waals surface area contributed by atoms with Gasteiger partial charge in [-0.15, -0.1) is 5.11 Å². The highest BCUT2D eigenvalue weighted by molar-refractivity contribution is 7.99. The van der Waals surface area contributed by atoms with Crippen molar-refractivity contribution < 1.29 is 14.7 Å². The van der Waals surface area contributed by atoms with E-state index in [1.165, 1.54) is 21.8 Å². The molecule has 1 saturated heterocycles. The van der Waals surface area contributed by atoms with Crippen molar-refractivity contribution in [3.63, 3.8) is 0 Å². The second-order valence-corrected chi connectivity index (χ2v) is 5.95. The van der Waals surface area contributed by atoms with Crippen LogP contribution in [0.4, 0.5) is 5.13 Å². The molecule has 1 fully saturated rings. The van der Waals surface area contributed by atoms with E-state index >= 15 is 0 Å². The van der Waals surface area contributed by atoms with Crippen LogP contribution in [0.15, 0.2) is 15.4 Å². The number of thioether (sulfide) groups is 1. The van der Waals surface area contributed by atoms with E-state index < -0.39 is 6.04 Å². The molecule has 9 nitrogen and oxygen atoms in total. The molecule has 0 aliphatic carbocycles. The van der Waals surface area contributed by atoms with Crippen LogP contribution in [0.2, 0.25) is 0 Å². The molecule has 0 atom stereocenters. The summed E-state index contributed by atoms with van der Waals surface area (Å²) >= 11 is 2.32. The number of carbonyl (C=O) groups is 2. The van der Waals surface area contributed by atoms with Crippen molar-refractivity contribution in [2.24, 2.45) is 10.2 Å². The van der Waals surface area contributed by atoms with Crippen molar-refractivity contribution in [3.8, 4) is 0 Å². The van der Waals surface area contributed by atoms with Gasteiger partial charge in [0.2, 0.25) is 16.3 Å². The fraction of sp³-hybridized carbons (Fsp3) is 0.636. The summed E-state index contributed by atoms with van der Waals surface area (Å²) in [5.41, 5.74) is 0. The number of nitrogens with zero attached hydrogens (tertiary/aromatic N) is 6. The first-order valence-corrected chi connectivity index (χ1v) is 8.49. The van der Waals surface area contributed by atoms with E-state index in [-0.39, 0.29) is 23.6 Å². The van der Waals surface area contributed by atoms with Gasteiger partial charge in [-0.1, -0.05) is 11.8 Å². The molecule has 120 valence electrons. The van der Waals surface area contributed by atoms with Crippen LogP contribution in [0.25, 0.3) is 0 Å². The first-order valence-electron chi connectivity index (χ1n) is 6.73. The standard InChI is InChI=1S/C11H16N6O3S2/c1-3-16-8(19)7(9(20)17(16)4-2)13-14-10-12-11(15-22-10)21-6-5-18/h7,18H,3-6H2,1-2H3/b14-13+. The molecule has 11 heteroatoms. The van der Waals surface area contributed by atoms with Crippen LogP contribution in [0.5, 0.6) is 0 Å². The number of amides is 2. The lowest BCUT2D eigenvalue weighted by molar-refractivity contribution is -0.145. The summed E-state index contributed by atoms with van der Waals surface area (Å²) in [6.45, 7) is 4.44. The van der Waals surface area contributed by atoms with Crippen LogP contribution in [-0.4, -0.2) is 67.8 Å². The molecule has 0 saturated carbocycles. The SMILES string of the molecule is CCN1C(=O)C(/N=N/c2nc(SCCO)ns2)C(=O)N1CC. The minimum Gasteiger partial charge on any atom is -0.396 e. The van der Waals surface area contributed by atoms with Gasteiger partial charge in [0.15, 0.2) is 0 Å². The molecule has 1 aliphatic rings. The highest BCUT2D eigenvalue weighted by Crippen LogP contribution is 2.24. The van der Waals surface area contributed by atoms with Crippen molar-refractivity contribution in [2.75, 3.05) is 25.4 Å². The lowest BCUT2D eigenvalue weighted by Gasteiger charge is -2.24. The third-order valence-electron chi connectivity index (χ3n) is 2.84. The first kappa shape index (κ1) is 16.8. The number of aliphatic hydroxyl groups excluding tert-OH is 1. The van der Waals surface area contributed by atoms with Gasteiger partial charge < -0.3 is 5.11 Å². The number of likely N-dealkylation sites (N-methyl/N-ethyl adjacent to an activating group) is 2. The molecule has 2 amide bonds. The fourth-order valence-electron chi connectivity index (χ4n) is 1.92. The second-order valence-electron chi connectivity index (χ2n) is 4.16. The van der Waals surface area contributed by atoms with Crippen LogP contribution in [0.3, 0.4) is 0 Å². The van der Waals surface area contributed by atoms with Crippen LogP contribution in [-0.2, 0) is 9.59 Å². The van der Waals surface area contributed by atoms with Crippen LogP contribution in [0, 0.1) is 0 Å². The van der Waals surface area contributed by atoms with Crippen LogP contribution < -0.4 is 0 Å². The number of hydrazine groups is 1. The molecule has 1 aliphatic heterocycles. The monoisotopic (exact) mass is 344 g/mol. The zero-order valence-corrected chi connectivity index (χ0v) is 13.8. The zero-order valence-electron chi connectivity index (χ0n) is 12.2. The number of aromatic nitrogens is 2. The Morgan fingerprint density at radius 2 is 1.91 bits per heavy atom.